The lowest BCUT2D eigenvalue weighted by atomic mass is 9.81. The van der Waals surface area contributed by atoms with Gasteiger partial charge in [0.05, 0.1) is 12.5 Å². The molecule has 2 heteroatoms. The van der Waals surface area contributed by atoms with Gasteiger partial charge in [-0.3, -0.25) is 4.79 Å². The van der Waals surface area contributed by atoms with Gasteiger partial charge in [0.15, 0.2) is 5.78 Å². The van der Waals surface area contributed by atoms with Crippen molar-refractivity contribution in [2.45, 2.75) is 12.8 Å². The molecule has 3 atom stereocenters. The van der Waals surface area contributed by atoms with Crippen LogP contribution in [-0.2, 0) is 9.53 Å². The maximum Gasteiger partial charge on any atom is 0.167 e. The summed E-state index contributed by atoms with van der Waals surface area (Å²) < 4.78 is 5.55. The largest absolute Gasteiger partial charge is 0.497 e. The predicted octanol–water partition coefficient (Wildman–Crippen LogP) is 2.52. The SMILES string of the molecule is C[C@H]1COC2=CC(=O)[C@@H](c3ccccc3)[C@@H]21. The number of benzene rings is 1. The van der Waals surface area contributed by atoms with Crippen LogP contribution in [0, 0.1) is 11.8 Å². The number of hydrogen-bond acceptors (Lipinski definition) is 2. The summed E-state index contributed by atoms with van der Waals surface area (Å²) >= 11 is 0. The van der Waals surface area contributed by atoms with Gasteiger partial charge < -0.3 is 4.74 Å². The third-order valence-corrected chi connectivity index (χ3v) is 3.56. The van der Waals surface area contributed by atoms with Gasteiger partial charge in [0.2, 0.25) is 0 Å². The fraction of sp³-hybridized carbons (Fsp3) is 0.357. The molecule has 2 nitrogen and oxygen atoms in total. The second-order valence-electron chi connectivity index (χ2n) is 4.65. The van der Waals surface area contributed by atoms with Gasteiger partial charge in [0.25, 0.3) is 0 Å². The Hall–Kier alpha value is -1.57. The van der Waals surface area contributed by atoms with Gasteiger partial charge in [-0.15, -0.1) is 0 Å². The summed E-state index contributed by atoms with van der Waals surface area (Å²) in [6.07, 6.45) is 1.69. The molecular formula is C14H14O2. The standard InChI is InChI=1S/C14H14O2/c1-9-8-16-12-7-11(15)14(13(9)12)10-5-3-2-4-6-10/h2-7,9,13-14H,8H2,1H3/t9-,13+,14+/m0/s1. The number of ketones is 1. The Bertz CT molecular complexity index is 447. The van der Waals surface area contributed by atoms with Crippen molar-refractivity contribution < 1.29 is 9.53 Å². The van der Waals surface area contributed by atoms with Crippen molar-refractivity contribution in [1.82, 2.24) is 0 Å². The highest BCUT2D eigenvalue weighted by atomic mass is 16.5. The van der Waals surface area contributed by atoms with Gasteiger partial charge in [-0.1, -0.05) is 37.3 Å². The minimum absolute atomic E-state index is 0.0197. The molecule has 2 aliphatic rings. The topological polar surface area (TPSA) is 26.3 Å². The van der Waals surface area contributed by atoms with Gasteiger partial charge in [0, 0.05) is 17.9 Å². The molecule has 1 aromatic carbocycles. The van der Waals surface area contributed by atoms with E-state index in [4.69, 9.17) is 4.74 Å². The van der Waals surface area contributed by atoms with E-state index in [2.05, 4.69) is 6.92 Å². The van der Waals surface area contributed by atoms with Crippen LogP contribution in [0.25, 0.3) is 0 Å². The van der Waals surface area contributed by atoms with Crippen LogP contribution in [0.15, 0.2) is 42.2 Å². The Morgan fingerprint density at radius 3 is 2.75 bits per heavy atom. The molecule has 0 amide bonds. The molecule has 16 heavy (non-hydrogen) atoms. The maximum absolute atomic E-state index is 12.0. The summed E-state index contributed by atoms with van der Waals surface area (Å²) in [7, 11) is 0. The van der Waals surface area contributed by atoms with Crippen LogP contribution in [0.2, 0.25) is 0 Å². The van der Waals surface area contributed by atoms with Crippen molar-refractivity contribution in [1.29, 1.82) is 0 Å². The number of fused-ring (bicyclic) bond motifs is 1. The first kappa shape index (κ1) is 9.64. The first-order chi connectivity index (χ1) is 7.77. The molecule has 1 aliphatic heterocycles. The van der Waals surface area contributed by atoms with Crippen LogP contribution in [0.4, 0.5) is 0 Å². The molecule has 0 unspecified atom stereocenters. The molecule has 0 aromatic heterocycles. The summed E-state index contributed by atoms with van der Waals surface area (Å²) in [5, 5.41) is 0. The lowest BCUT2D eigenvalue weighted by molar-refractivity contribution is -0.116. The lowest BCUT2D eigenvalue weighted by Crippen LogP contribution is -2.19. The molecular weight excluding hydrogens is 200 g/mol. The Morgan fingerprint density at radius 1 is 1.25 bits per heavy atom. The van der Waals surface area contributed by atoms with Gasteiger partial charge in [-0.25, -0.2) is 0 Å². The third-order valence-electron chi connectivity index (χ3n) is 3.56. The van der Waals surface area contributed by atoms with Crippen LogP contribution < -0.4 is 0 Å². The first-order valence-corrected chi connectivity index (χ1v) is 5.70. The number of allylic oxidation sites excluding steroid dienone is 2. The molecule has 3 rings (SSSR count). The van der Waals surface area contributed by atoms with Gasteiger partial charge in [-0.2, -0.15) is 0 Å². The summed E-state index contributed by atoms with van der Waals surface area (Å²) in [4.78, 5) is 12.0. The summed E-state index contributed by atoms with van der Waals surface area (Å²) in [6.45, 7) is 2.90. The lowest BCUT2D eigenvalue weighted by Gasteiger charge is -2.18. The second-order valence-corrected chi connectivity index (χ2v) is 4.65. The van der Waals surface area contributed by atoms with Crippen molar-refractivity contribution in [3.05, 3.63) is 47.7 Å². The van der Waals surface area contributed by atoms with E-state index in [0.29, 0.717) is 5.92 Å². The van der Waals surface area contributed by atoms with Crippen molar-refractivity contribution in [3.8, 4) is 0 Å². The highest BCUT2D eigenvalue weighted by molar-refractivity contribution is 5.99. The predicted molar refractivity (Wildman–Crippen MR) is 60.9 cm³/mol. The molecule has 82 valence electrons. The third kappa shape index (κ3) is 1.29. The molecule has 0 saturated carbocycles. The van der Waals surface area contributed by atoms with E-state index in [1.807, 2.05) is 30.3 Å². The summed E-state index contributed by atoms with van der Waals surface area (Å²) in [5.41, 5.74) is 1.11. The van der Waals surface area contributed by atoms with Gasteiger partial charge in [-0.05, 0) is 5.56 Å². The normalized spacial score (nSPS) is 32.2. The average Bonchev–Trinajstić information content (AvgIpc) is 2.80. The molecule has 0 bridgehead atoms. The van der Waals surface area contributed by atoms with E-state index >= 15 is 0 Å². The maximum atomic E-state index is 12.0. The quantitative estimate of drug-likeness (QED) is 0.718. The zero-order valence-corrected chi connectivity index (χ0v) is 9.22. The Kier molecular flexibility index (Phi) is 2.10. The van der Waals surface area contributed by atoms with E-state index in [1.54, 1.807) is 6.08 Å². The molecule has 0 radical (unpaired) electrons. The zero-order valence-electron chi connectivity index (χ0n) is 9.22. The molecule has 1 aliphatic carbocycles. The van der Waals surface area contributed by atoms with Crippen LogP contribution in [-0.4, -0.2) is 12.4 Å². The zero-order chi connectivity index (χ0) is 11.1. The second kappa shape index (κ2) is 3.48. The summed E-state index contributed by atoms with van der Waals surface area (Å²) in [6, 6.07) is 10.0. The Morgan fingerprint density at radius 2 is 2.00 bits per heavy atom. The van der Waals surface area contributed by atoms with E-state index in [9.17, 15) is 4.79 Å². The van der Waals surface area contributed by atoms with Crippen molar-refractivity contribution >= 4 is 5.78 Å². The monoisotopic (exact) mass is 214 g/mol. The van der Waals surface area contributed by atoms with Crippen molar-refractivity contribution in [2.24, 2.45) is 11.8 Å². The molecule has 1 aromatic rings. The average molecular weight is 214 g/mol. The van der Waals surface area contributed by atoms with E-state index in [-0.39, 0.29) is 17.6 Å². The van der Waals surface area contributed by atoms with Crippen LogP contribution >= 0.6 is 0 Å². The fourth-order valence-electron chi connectivity index (χ4n) is 2.78. The number of carbonyl (C=O) groups excluding carboxylic acids is 1. The smallest absolute Gasteiger partial charge is 0.167 e. The fourth-order valence-corrected chi connectivity index (χ4v) is 2.78. The minimum atomic E-state index is -0.0197. The number of rotatable bonds is 1. The summed E-state index contributed by atoms with van der Waals surface area (Å²) in [5.74, 6) is 1.76. The number of hydrogen-bond donors (Lipinski definition) is 0. The Balaban J connectivity index is 2.00. The molecule has 0 N–H and O–H groups in total. The van der Waals surface area contributed by atoms with Gasteiger partial charge >= 0.3 is 0 Å². The minimum Gasteiger partial charge on any atom is -0.497 e. The van der Waals surface area contributed by atoms with E-state index < -0.39 is 0 Å². The van der Waals surface area contributed by atoms with E-state index in [1.165, 1.54) is 0 Å². The van der Waals surface area contributed by atoms with Crippen LogP contribution in [0.3, 0.4) is 0 Å². The molecule has 0 spiro atoms. The molecule has 1 saturated heterocycles. The number of carbonyl (C=O) groups is 1. The van der Waals surface area contributed by atoms with Crippen LogP contribution in [0.5, 0.6) is 0 Å². The first-order valence-electron chi connectivity index (χ1n) is 5.70. The number of ether oxygens (including phenoxy) is 1. The highest BCUT2D eigenvalue weighted by Gasteiger charge is 2.45. The van der Waals surface area contributed by atoms with Gasteiger partial charge in [0.1, 0.15) is 5.76 Å². The Labute approximate surface area is 94.9 Å². The highest BCUT2D eigenvalue weighted by Crippen LogP contribution is 2.46. The molecule has 1 fully saturated rings. The van der Waals surface area contributed by atoms with Crippen molar-refractivity contribution in [2.75, 3.05) is 6.61 Å². The van der Waals surface area contributed by atoms with Crippen molar-refractivity contribution in [3.63, 3.8) is 0 Å². The van der Waals surface area contributed by atoms with E-state index in [0.717, 1.165) is 17.9 Å². The van der Waals surface area contributed by atoms with Crippen LogP contribution in [0.1, 0.15) is 18.4 Å². The molecule has 1 heterocycles.